The molecule has 0 aliphatic rings. The van der Waals surface area contributed by atoms with Gasteiger partial charge in [-0.3, -0.25) is 0 Å². The molecule has 0 bridgehead atoms. The van der Waals surface area contributed by atoms with Gasteiger partial charge in [0.25, 0.3) is 0 Å². The quantitative estimate of drug-likeness (QED) is 0.898. The Morgan fingerprint density at radius 2 is 2.12 bits per heavy atom. The van der Waals surface area contributed by atoms with Gasteiger partial charge in [-0.2, -0.15) is 0 Å². The average molecular weight is 280 g/mol. The molecular formula is C11H15ClFNO2S. The molecule has 1 rings (SSSR count). The molecule has 3 nitrogen and oxygen atoms in total. The van der Waals surface area contributed by atoms with Crippen LogP contribution in [0.4, 0.5) is 4.39 Å². The summed E-state index contributed by atoms with van der Waals surface area (Å²) in [6.45, 7) is 1.73. The van der Waals surface area contributed by atoms with Crippen LogP contribution < -0.4 is 5.73 Å². The Labute approximate surface area is 106 Å². The zero-order valence-electron chi connectivity index (χ0n) is 9.49. The first kappa shape index (κ1) is 14.4. The Hall–Kier alpha value is -0.650. The number of rotatable bonds is 5. The van der Waals surface area contributed by atoms with Crippen LogP contribution in [0.15, 0.2) is 18.2 Å². The zero-order chi connectivity index (χ0) is 13.1. The van der Waals surface area contributed by atoms with Crippen LogP contribution in [0.3, 0.4) is 0 Å². The molecule has 6 heteroatoms. The summed E-state index contributed by atoms with van der Waals surface area (Å²) < 4.78 is 36.8. The molecule has 96 valence electrons. The summed E-state index contributed by atoms with van der Waals surface area (Å²) in [7, 11) is -3.33. The summed E-state index contributed by atoms with van der Waals surface area (Å²) in [5, 5.41) is 0.249. The fourth-order valence-corrected chi connectivity index (χ4v) is 3.06. The second kappa shape index (κ2) is 5.80. The third kappa shape index (κ3) is 5.02. The molecular weight excluding hydrogens is 265 g/mol. The van der Waals surface area contributed by atoms with Crippen molar-refractivity contribution in [3.8, 4) is 0 Å². The van der Waals surface area contributed by atoms with E-state index in [0.29, 0.717) is 6.42 Å². The zero-order valence-corrected chi connectivity index (χ0v) is 11.1. The lowest BCUT2D eigenvalue weighted by molar-refractivity contribution is 0.580. The first-order valence-electron chi connectivity index (χ1n) is 5.20. The molecule has 2 N–H and O–H groups in total. The van der Waals surface area contributed by atoms with Crippen molar-refractivity contribution in [2.45, 2.75) is 25.1 Å². The second-order valence-corrected chi connectivity index (χ2v) is 6.71. The minimum Gasteiger partial charge on any atom is -0.328 e. The van der Waals surface area contributed by atoms with E-state index in [2.05, 4.69) is 0 Å². The van der Waals surface area contributed by atoms with Crippen LogP contribution in [0.5, 0.6) is 0 Å². The van der Waals surface area contributed by atoms with Gasteiger partial charge in [0.2, 0.25) is 0 Å². The summed E-state index contributed by atoms with van der Waals surface area (Å²) in [5.74, 6) is -0.947. The molecule has 0 saturated carbocycles. The van der Waals surface area contributed by atoms with E-state index in [1.165, 1.54) is 12.1 Å². The monoisotopic (exact) mass is 279 g/mol. The summed E-state index contributed by atoms with van der Waals surface area (Å²) in [5.41, 5.74) is 5.62. The topological polar surface area (TPSA) is 60.2 Å². The Morgan fingerprint density at radius 3 is 2.65 bits per heavy atom. The van der Waals surface area contributed by atoms with E-state index in [-0.39, 0.29) is 28.1 Å². The smallest absolute Gasteiger partial charge is 0.154 e. The van der Waals surface area contributed by atoms with E-state index < -0.39 is 15.7 Å². The highest BCUT2D eigenvalue weighted by atomic mass is 35.5. The van der Waals surface area contributed by atoms with E-state index in [0.717, 1.165) is 6.07 Å². The molecule has 0 radical (unpaired) electrons. The number of hydrogen-bond acceptors (Lipinski definition) is 3. The maximum absolute atomic E-state index is 13.4. The molecule has 1 aromatic carbocycles. The number of halogens is 2. The van der Waals surface area contributed by atoms with Gasteiger partial charge < -0.3 is 5.73 Å². The van der Waals surface area contributed by atoms with Crippen molar-refractivity contribution in [3.05, 3.63) is 34.6 Å². The summed E-state index contributed by atoms with van der Waals surface area (Å²) in [6.07, 6.45) is 0.373. The highest BCUT2D eigenvalue weighted by molar-refractivity contribution is 7.90. The average Bonchev–Trinajstić information content (AvgIpc) is 2.20. The van der Waals surface area contributed by atoms with Crippen LogP contribution in [0.1, 0.15) is 18.9 Å². The highest BCUT2D eigenvalue weighted by Gasteiger charge is 2.15. The maximum atomic E-state index is 13.4. The minimum absolute atomic E-state index is 0.0350. The fraction of sp³-hybridized carbons (Fsp3) is 0.455. The lowest BCUT2D eigenvalue weighted by Crippen LogP contribution is -2.21. The number of benzene rings is 1. The van der Waals surface area contributed by atoms with Gasteiger partial charge in [0.05, 0.1) is 11.5 Å². The van der Waals surface area contributed by atoms with E-state index in [9.17, 15) is 12.8 Å². The van der Waals surface area contributed by atoms with Crippen LogP contribution >= 0.6 is 11.6 Å². The van der Waals surface area contributed by atoms with E-state index in [1.54, 1.807) is 6.92 Å². The molecule has 0 aliphatic carbocycles. The molecule has 0 aromatic heterocycles. The summed E-state index contributed by atoms with van der Waals surface area (Å²) >= 11 is 5.58. The lowest BCUT2D eigenvalue weighted by Gasteiger charge is -2.07. The van der Waals surface area contributed by atoms with Gasteiger partial charge in [-0.15, -0.1) is 0 Å². The van der Waals surface area contributed by atoms with E-state index in [1.807, 2.05) is 0 Å². The molecule has 0 aliphatic heterocycles. The van der Waals surface area contributed by atoms with Crippen molar-refractivity contribution in [1.82, 2.24) is 0 Å². The number of nitrogens with two attached hydrogens (primary N) is 1. The molecule has 1 aromatic rings. The van der Waals surface area contributed by atoms with Crippen LogP contribution in [-0.4, -0.2) is 20.2 Å². The van der Waals surface area contributed by atoms with Gasteiger partial charge in [0.1, 0.15) is 5.82 Å². The van der Waals surface area contributed by atoms with Gasteiger partial charge >= 0.3 is 0 Å². The molecule has 0 heterocycles. The van der Waals surface area contributed by atoms with Gasteiger partial charge in [-0.25, -0.2) is 12.8 Å². The van der Waals surface area contributed by atoms with Crippen molar-refractivity contribution in [2.75, 3.05) is 5.75 Å². The Morgan fingerprint density at radius 1 is 1.47 bits per heavy atom. The van der Waals surface area contributed by atoms with Gasteiger partial charge in [-0.1, -0.05) is 17.7 Å². The Kier molecular flexibility index (Phi) is 4.91. The van der Waals surface area contributed by atoms with E-state index >= 15 is 0 Å². The molecule has 0 spiro atoms. The molecule has 0 fully saturated rings. The minimum atomic E-state index is -3.33. The summed E-state index contributed by atoms with van der Waals surface area (Å²) in [6, 6.07) is 3.79. The highest BCUT2D eigenvalue weighted by Crippen LogP contribution is 2.17. The van der Waals surface area contributed by atoms with Gasteiger partial charge in [0, 0.05) is 16.6 Å². The number of sulfone groups is 1. The predicted molar refractivity (Wildman–Crippen MR) is 67.2 cm³/mol. The first-order valence-corrected chi connectivity index (χ1v) is 7.40. The van der Waals surface area contributed by atoms with Crippen molar-refractivity contribution in [2.24, 2.45) is 5.73 Å². The fourth-order valence-electron chi connectivity index (χ4n) is 1.31. The van der Waals surface area contributed by atoms with Crippen molar-refractivity contribution in [3.63, 3.8) is 0 Å². The summed E-state index contributed by atoms with van der Waals surface area (Å²) in [4.78, 5) is 0. The van der Waals surface area contributed by atoms with Gasteiger partial charge in [0.15, 0.2) is 9.84 Å². The third-order valence-corrected chi connectivity index (χ3v) is 4.12. The predicted octanol–water partition coefficient (Wildman–Crippen LogP) is 2.13. The SMILES string of the molecule is CC(N)CCS(=O)(=O)Cc1ccc(Cl)cc1F. The van der Waals surface area contributed by atoms with Crippen LogP contribution in [0, 0.1) is 5.82 Å². The second-order valence-electron chi connectivity index (χ2n) is 4.09. The van der Waals surface area contributed by atoms with Crippen molar-refractivity contribution >= 4 is 21.4 Å². The van der Waals surface area contributed by atoms with Crippen molar-refractivity contribution in [1.29, 1.82) is 0 Å². The Balaban J connectivity index is 2.76. The third-order valence-electron chi connectivity index (χ3n) is 2.27. The standard InChI is InChI=1S/C11H15ClFNO2S/c1-8(14)4-5-17(15,16)7-9-2-3-10(12)6-11(9)13/h2-3,6,8H,4-5,7,14H2,1H3. The maximum Gasteiger partial charge on any atom is 0.154 e. The molecule has 17 heavy (non-hydrogen) atoms. The molecule has 0 saturated heterocycles. The molecule has 0 amide bonds. The molecule has 1 unspecified atom stereocenters. The van der Waals surface area contributed by atoms with Crippen LogP contribution in [0.2, 0.25) is 5.02 Å². The molecule has 1 atom stereocenters. The Bertz CT molecular complexity index is 488. The van der Waals surface area contributed by atoms with Crippen LogP contribution in [0.25, 0.3) is 0 Å². The first-order chi connectivity index (χ1) is 7.80. The van der Waals surface area contributed by atoms with Crippen LogP contribution in [-0.2, 0) is 15.6 Å². The number of hydrogen-bond donors (Lipinski definition) is 1. The normalized spacial score (nSPS) is 13.6. The van der Waals surface area contributed by atoms with E-state index in [4.69, 9.17) is 17.3 Å². The largest absolute Gasteiger partial charge is 0.328 e. The lowest BCUT2D eigenvalue weighted by atomic mass is 10.2. The van der Waals surface area contributed by atoms with Crippen molar-refractivity contribution < 1.29 is 12.8 Å². The van der Waals surface area contributed by atoms with Gasteiger partial charge in [-0.05, 0) is 25.5 Å².